The Morgan fingerprint density at radius 1 is 1.58 bits per heavy atom. The Morgan fingerprint density at radius 3 is 3.00 bits per heavy atom. The van der Waals surface area contributed by atoms with Crippen LogP contribution in [0.3, 0.4) is 0 Å². The molecule has 66 valence electrons. The van der Waals surface area contributed by atoms with E-state index in [1.165, 1.54) is 0 Å². The fourth-order valence-corrected chi connectivity index (χ4v) is 1.05. The van der Waals surface area contributed by atoms with Crippen molar-refractivity contribution in [1.82, 2.24) is 4.98 Å². The lowest BCUT2D eigenvalue weighted by atomic mass is 10.1. The molecular weight excluding hydrogens is 152 g/mol. The Labute approximate surface area is 72.2 Å². The number of hydrogen-bond donors (Lipinski definition) is 2. The number of aliphatic hydroxyl groups is 1. The third-order valence-electron chi connectivity index (χ3n) is 1.75. The van der Waals surface area contributed by atoms with E-state index < -0.39 is 6.10 Å². The highest BCUT2D eigenvalue weighted by molar-refractivity contribution is 5.11. The Hall–Kier alpha value is -0.930. The third kappa shape index (κ3) is 2.60. The standard InChI is InChI=1S/C9H14N2O/c10-5-1-4-9(12)8-3-2-6-11-7-8/h2-3,6-7,9,12H,1,4-5,10H2/t9-/m0/s1. The molecule has 0 bridgehead atoms. The van der Waals surface area contributed by atoms with Crippen molar-refractivity contribution in [3.8, 4) is 0 Å². The van der Waals surface area contributed by atoms with Crippen molar-refractivity contribution in [2.75, 3.05) is 6.54 Å². The highest BCUT2D eigenvalue weighted by Gasteiger charge is 2.05. The van der Waals surface area contributed by atoms with E-state index in [-0.39, 0.29) is 0 Å². The number of aliphatic hydroxyl groups excluding tert-OH is 1. The molecule has 0 saturated heterocycles. The van der Waals surface area contributed by atoms with Crippen LogP contribution in [0.1, 0.15) is 24.5 Å². The minimum atomic E-state index is -0.415. The maximum atomic E-state index is 9.56. The molecule has 0 fully saturated rings. The molecule has 1 heterocycles. The van der Waals surface area contributed by atoms with Crippen LogP contribution in [0.5, 0.6) is 0 Å². The smallest absolute Gasteiger partial charge is 0.0805 e. The van der Waals surface area contributed by atoms with Crippen LogP contribution in [0.2, 0.25) is 0 Å². The van der Waals surface area contributed by atoms with Crippen LogP contribution in [0.25, 0.3) is 0 Å². The summed E-state index contributed by atoms with van der Waals surface area (Å²) in [7, 11) is 0. The van der Waals surface area contributed by atoms with E-state index >= 15 is 0 Å². The first-order chi connectivity index (χ1) is 5.84. The Kier molecular flexibility index (Phi) is 3.70. The van der Waals surface area contributed by atoms with Gasteiger partial charge in [-0.25, -0.2) is 0 Å². The van der Waals surface area contributed by atoms with Gasteiger partial charge in [0.15, 0.2) is 0 Å². The second-order valence-corrected chi connectivity index (χ2v) is 2.73. The lowest BCUT2D eigenvalue weighted by Crippen LogP contribution is -2.03. The van der Waals surface area contributed by atoms with Gasteiger partial charge < -0.3 is 10.8 Å². The van der Waals surface area contributed by atoms with Crippen LogP contribution >= 0.6 is 0 Å². The number of pyridine rings is 1. The molecule has 0 aromatic carbocycles. The van der Waals surface area contributed by atoms with Crippen molar-refractivity contribution < 1.29 is 5.11 Å². The number of rotatable bonds is 4. The fourth-order valence-electron chi connectivity index (χ4n) is 1.05. The summed E-state index contributed by atoms with van der Waals surface area (Å²) in [4.78, 5) is 3.92. The van der Waals surface area contributed by atoms with E-state index in [1.54, 1.807) is 12.4 Å². The molecule has 1 aromatic heterocycles. The number of nitrogens with two attached hydrogens (primary N) is 1. The van der Waals surface area contributed by atoms with Crippen molar-refractivity contribution in [2.24, 2.45) is 5.73 Å². The molecule has 3 nitrogen and oxygen atoms in total. The first kappa shape index (κ1) is 9.16. The first-order valence-corrected chi connectivity index (χ1v) is 4.12. The fraction of sp³-hybridized carbons (Fsp3) is 0.444. The summed E-state index contributed by atoms with van der Waals surface area (Å²) in [5, 5.41) is 9.56. The molecule has 0 saturated carbocycles. The van der Waals surface area contributed by atoms with Crippen molar-refractivity contribution in [2.45, 2.75) is 18.9 Å². The molecular formula is C9H14N2O. The molecule has 0 aliphatic heterocycles. The van der Waals surface area contributed by atoms with E-state index in [0.29, 0.717) is 13.0 Å². The summed E-state index contributed by atoms with van der Waals surface area (Å²) in [6.07, 6.45) is 4.51. The maximum Gasteiger partial charge on any atom is 0.0805 e. The molecule has 0 aliphatic rings. The van der Waals surface area contributed by atoms with E-state index in [4.69, 9.17) is 5.73 Å². The molecule has 0 amide bonds. The lowest BCUT2D eigenvalue weighted by Gasteiger charge is -2.08. The normalized spacial score (nSPS) is 12.8. The van der Waals surface area contributed by atoms with Gasteiger partial charge in [0.2, 0.25) is 0 Å². The van der Waals surface area contributed by atoms with Gasteiger partial charge >= 0.3 is 0 Å². The topological polar surface area (TPSA) is 59.1 Å². The van der Waals surface area contributed by atoms with Gasteiger partial charge in [0.25, 0.3) is 0 Å². The van der Waals surface area contributed by atoms with Gasteiger partial charge in [-0.1, -0.05) is 6.07 Å². The molecule has 1 aromatic rings. The highest BCUT2D eigenvalue weighted by Crippen LogP contribution is 2.15. The zero-order valence-electron chi connectivity index (χ0n) is 6.98. The van der Waals surface area contributed by atoms with Crippen molar-refractivity contribution in [3.05, 3.63) is 30.1 Å². The molecule has 0 spiro atoms. The minimum absolute atomic E-state index is 0.415. The molecule has 1 rings (SSSR count). The monoisotopic (exact) mass is 166 g/mol. The molecule has 0 unspecified atom stereocenters. The zero-order chi connectivity index (χ0) is 8.81. The lowest BCUT2D eigenvalue weighted by molar-refractivity contribution is 0.165. The summed E-state index contributed by atoms with van der Waals surface area (Å²) in [5.74, 6) is 0. The van der Waals surface area contributed by atoms with Gasteiger partial charge in [-0.2, -0.15) is 0 Å². The van der Waals surface area contributed by atoms with Crippen LogP contribution in [0, 0.1) is 0 Å². The van der Waals surface area contributed by atoms with Crippen LogP contribution in [0.15, 0.2) is 24.5 Å². The highest BCUT2D eigenvalue weighted by atomic mass is 16.3. The van der Waals surface area contributed by atoms with Crippen LogP contribution in [0.4, 0.5) is 0 Å². The molecule has 3 N–H and O–H groups in total. The second-order valence-electron chi connectivity index (χ2n) is 2.73. The van der Waals surface area contributed by atoms with Crippen LogP contribution < -0.4 is 5.73 Å². The average Bonchev–Trinajstić information content (AvgIpc) is 2.15. The maximum absolute atomic E-state index is 9.56. The number of hydrogen-bond acceptors (Lipinski definition) is 3. The van der Waals surface area contributed by atoms with Gasteiger partial charge in [-0.3, -0.25) is 4.98 Å². The molecule has 0 aliphatic carbocycles. The summed E-state index contributed by atoms with van der Waals surface area (Å²) in [5.41, 5.74) is 6.19. The molecule has 12 heavy (non-hydrogen) atoms. The summed E-state index contributed by atoms with van der Waals surface area (Å²) in [6, 6.07) is 3.69. The quantitative estimate of drug-likeness (QED) is 0.697. The van der Waals surface area contributed by atoms with Gasteiger partial charge in [-0.05, 0) is 31.0 Å². The summed E-state index contributed by atoms with van der Waals surface area (Å²) in [6.45, 7) is 0.622. The van der Waals surface area contributed by atoms with Gasteiger partial charge in [0.05, 0.1) is 6.10 Å². The minimum Gasteiger partial charge on any atom is -0.388 e. The predicted octanol–water partition coefficient (Wildman–Crippen LogP) is 0.854. The van der Waals surface area contributed by atoms with Crippen molar-refractivity contribution in [1.29, 1.82) is 0 Å². The van der Waals surface area contributed by atoms with Crippen LogP contribution in [-0.4, -0.2) is 16.6 Å². The van der Waals surface area contributed by atoms with Gasteiger partial charge in [0.1, 0.15) is 0 Å². The molecule has 1 atom stereocenters. The Balaban J connectivity index is 2.48. The van der Waals surface area contributed by atoms with Gasteiger partial charge in [-0.15, -0.1) is 0 Å². The van der Waals surface area contributed by atoms with Crippen LogP contribution in [-0.2, 0) is 0 Å². The molecule has 0 radical (unpaired) electrons. The van der Waals surface area contributed by atoms with Crippen molar-refractivity contribution in [3.63, 3.8) is 0 Å². The summed E-state index contributed by atoms with van der Waals surface area (Å²) < 4.78 is 0. The SMILES string of the molecule is NCCC[C@H](O)c1cccnc1. The third-order valence-corrected chi connectivity index (χ3v) is 1.75. The molecule has 3 heteroatoms. The number of aromatic nitrogens is 1. The van der Waals surface area contributed by atoms with E-state index in [2.05, 4.69) is 4.98 Å². The summed E-state index contributed by atoms with van der Waals surface area (Å²) >= 11 is 0. The van der Waals surface area contributed by atoms with E-state index in [9.17, 15) is 5.11 Å². The average molecular weight is 166 g/mol. The zero-order valence-corrected chi connectivity index (χ0v) is 6.98. The van der Waals surface area contributed by atoms with E-state index in [0.717, 1.165) is 12.0 Å². The van der Waals surface area contributed by atoms with E-state index in [1.807, 2.05) is 12.1 Å². The predicted molar refractivity (Wildman–Crippen MR) is 47.5 cm³/mol. The second kappa shape index (κ2) is 4.85. The van der Waals surface area contributed by atoms with Gasteiger partial charge in [0, 0.05) is 12.4 Å². The first-order valence-electron chi connectivity index (χ1n) is 4.12. The van der Waals surface area contributed by atoms with Crippen molar-refractivity contribution >= 4 is 0 Å². The number of nitrogens with zero attached hydrogens (tertiary/aromatic N) is 1. The largest absolute Gasteiger partial charge is 0.388 e. The Bertz CT molecular complexity index is 213. The Morgan fingerprint density at radius 2 is 2.42 bits per heavy atom.